The van der Waals surface area contributed by atoms with E-state index in [-0.39, 0.29) is 0 Å². The Hall–Kier alpha value is -0.340. The van der Waals surface area contributed by atoms with Gasteiger partial charge >= 0.3 is 0 Å². The number of hydrogen-bond acceptors (Lipinski definition) is 1. The summed E-state index contributed by atoms with van der Waals surface area (Å²) in [5.74, 6) is 0. The van der Waals surface area contributed by atoms with Crippen molar-refractivity contribution in [2.45, 2.75) is 13.0 Å². The van der Waals surface area contributed by atoms with Crippen LogP contribution in [0.25, 0.3) is 0 Å². The zero-order valence-electron chi connectivity index (χ0n) is 5.71. The molecule has 0 saturated carbocycles. The van der Waals surface area contributed by atoms with Crippen molar-refractivity contribution in [3.05, 3.63) is 34.3 Å². The molecule has 0 unspecified atom stereocenters. The average molecular weight is 201 g/mol. The maximum atomic E-state index is 9.17. The van der Waals surface area contributed by atoms with Crippen molar-refractivity contribution >= 4 is 15.9 Å². The third-order valence-electron chi connectivity index (χ3n) is 1.36. The Morgan fingerprint density at radius 1 is 1.40 bits per heavy atom. The van der Waals surface area contributed by atoms with Gasteiger partial charge in [0.05, 0.1) is 6.10 Å². The average Bonchev–Trinajstić information content (AvgIpc) is 1.88. The van der Waals surface area contributed by atoms with Crippen molar-refractivity contribution in [2.75, 3.05) is 0 Å². The first kappa shape index (κ1) is 7.76. The molecule has 0 saturated heterocycles. The van der Waals surface area contributed by atoms with E-state index < -0.39 is 6.10 Å². The first-order valence-electron chi connectivity index (χ1n) is 3.14. The molecule has 1 atom stereocenters. The summed E-state index contributed by atoms with van der Waals surface area (Å²) in [6, 6.07) is 7.65. The van der Waals surface area contributed by atoms with E-state index in [9.17, 15) is 5.11 Å². The third-order valence-corrected chi connectivity index (χ3v) is 2.08. The molecule has 1 rings (SSSR count). The number of aliphatic hydroxyl groups excluding tert-OH is 1. The number of rotatable bonds is 1. The zero-order chi connectivity index (χ0) is 7.56. The Bertz CT molecular complexity index is 220. The van der Waals surface area contributed by atoms with Gasteiger partial charge in [-0.25, -0.2) is 0 Å². The first-order chi connectivity index (χ1) is 4.72. The van der Waals surface area contributed by atoms with Crippen molar-refractivity contribution in [2.24, 2.45) is 0 Å². The van der Waals surface area contributed by atoms with Crippen LogP contribution in [0.3, 0.4) is 0 Å². The molecular formula is C8H9BrO. The molecule has 0 amide bonds. The van der Waals surface area contributed by atoms with Gasteiger partial charge in [-0.05, 0) is 18.6 Å². The maximum absolute atomic E-state index is 9.17. The minimum absolute atomic E-state index is 0.393. The summed E-state index contributed by atoms with van der Waals surface area (Å²) >= 11 is 3.34. The molecular weight excluding hydrogens is 192 g/mol. The van der Waals surface area contributed by atoms with Crippen molar-refractivity contribution in [1.29, 1.82) is 0 Å². The van der Waals surface area contributed by atoms with Crippen LogP contribution in [-0.4, -0.2) is 5.11 Å². The van der Waals surface area contributed by atoms with E-state index >= 15 is 0 Å². The Morgan fingerprint density at radius 2 is 2.00 bits per heavy atom. The summed E-state index contributed by atoms with van der Waals surface area (Å²) in [5, 5.41) is 9.17. The summed E-state index contributed by atoms with van der Waals surface area (Å²) in [7, 11) is 0. The molecule has 0 aliphatic heterocycles. The van der Waals surface area contributed by atoms with Crippen LogP contribution in [0.5, 0.6) is 0 Å². The van der Waals surface area contributed by atoms with Crippen molar-refractivity contribution < 1.29 is 5.11 Å². The van der Waals surface area contributed by atoms with Crippen LogP contribution in [0.15, 0.2) is 28.7 Å². The molecule has 0 heterocycles. The lowest BCUT2D eigenvalue weighted by atomic mass is 10.1. The Labute approximate surface area is 68.8 Å². The largest absolute Gasteiger partial charge is 0.389 e. The van der Waals surface area contributed by atoms with Gasteiger partial charge < -0.3 is 5.11 Å². The highest BCUT2D eigenvalue weighted by Crippen LogP contribution is 2.21. The van der Waals surface area contributed by atoms with Crippen LogP contribution in [0.1, 0.15) is 18.6 Å². The van der Waals surface area contributed by atoms with Crippen LogP contribution < -0.4 is 0 Å². The second-order valence-corrected chi connectivity index (χ2v) is 3.05. The van der Waals surface area contributed by atoms with Crippen molar-refractivity contribution in [3.8, 4) is 0 Å². The van der Waals surface area contributed by atoms with Crippen LogP contribution >= 0.6 is 15.9 Å². The predicted octanol–water partition coefficient (Wildman–Crippen LogP) is 2.50. The monoisotopic (exact) mass is 200 g/mol. The van der Waals surface area contributed by atoms with E-state index in [2.05, 4.69) is 15.9 Å². The standard InChI is InChI=1S/C8H9BrO/c1-6(10)7-4-2-3-5-8(7)9/h2-6,10H,1H3/t6-/m1/s1. The summed E-state index contributed by atoms with van der Waals surface area (Å²) in [6.07, 6.45) is -0.393. The zero-order valence-corrected chi connectivity index (χ0v) is 7.30. The smallest absolute Gasteiger partial charge is 0.0772 e. The molecule has 1 N–H and O–H groups in total. The molecule has 0 aliphatic carbocycles. The van der Waals surface area contributed by atoms with Crippen LogP contribution in [0, 0.1) is 0 Å². The lowest BCUT2D eigenvalue weighted by Gasteiger charge is -2.05. The summed E-state index contributed by atoms with van der Waals surface area (Å²) < 4.78 is 0.963. The van der Waals surface area contributed by atoms with Gasteiger partial charge in [-0.3, -0.25) is 0 Å². The SMILES string of the molecule is C[C@@H](O)c1ccccc1Br. The van der Waals surface area contributed by atoms with Gasteiger partial charge in [0.15, 0.2) is 0 Å². The molecule has 0 bridgehead atoms. The van der Waals surface area contributed by atoms with Crippen LogP contribution in [0.4, 0.5) is 0 Å². The molecule has 0 spiro atoms. The second-order valence-electron chi connectivity index (χ2n) is 2.20. The normalized spacial score (nSPS) is 13.1. The number of benzene rings is 1. The minimum atomic E-state index is -0.393. The van der Waals surface area contributed by atoms with Gasteiger partial charge in [0, 0.05) is 4.47 Å². The summed E-state index contributed by atoms with van der Waals surface area (Å²) in [6.45, 7) is 1.75. The van der Waals surface area contributed by atoms with Gasteiger partial charge in [-0.15, -0.1) is 0 Å². The number of hydrogen-bond donors (Lipinski definition) is 1. The molecule has 2 heteroatoms. The first-order valence-corrected chi connectivity index (χ1v) is 3.93. The van der Waals surface area contributed by atoms with E-state index in [1.807, 2.05) is 24.3 Å². The maximum Gasteiger partial charge on any atom is 0.0772 e. The van der Waals surface area contributed by atoms with Crippen LogP contribution in [-0.2, 0) is 0 Å². The highest BCUT2D eigenvalue weighted by atomic mass is 79.9. The fourth-order valence-electron chi connectivity index (χ4n) is 0.814. The molecule has 0 aromatic heterocycles. The van der Waals surface area contributed by atoms with E-state index in [1.165, 1.54) is 0 Å². The molecule has 54 valence electrons. The molecule has 1 aromatic carbocycles. The quantitative estimate of drug-likeness (QED) is 0.739. The van der Waals surface area contributed by atoms with Gasteiger partial charge in [-0.1, -0.05) is 34.1 Å². The van der Waals surface area contributed by atoms with E-state index in [4.69, 9.17) is 0 Å². The lowest BCUT2D eigenvalue weighted by molar-refractivity contribution is 0.198. The van der Waals surface area contributed by atoms with E-state index in [1.54, 1.807) is 6.92 Å². The second kappa shape index (κ2) is 3.17. The number of halogens is 1. The topological polar surface area (TPSA) is 20.2 Å². The fourth-order valence-corrected chi connectivity index (χ4v) is 1.43. The van der Waals surface area contributed by atoms with Gasteiger partial charge in [0.25, 0.3) is 0 Å². The van der Waals surface area contributed by atoms with E-state index in [0.29, 0.717) is 0 Å². The highest BCUT2D eigenvalue weighted by molar-refractivity contribution is 9.10. The Morgan fingerprint density at radius 3 is 2.40 bits per heavy atom. The van der Waals surface area contributed by atoms with Crippen molar-refractivity contribution in [1.82, 2.24) is 0 Å². The van der Waals surface area contributed by atoms with Gasteiger partial charge in [0.2, 0.25) is 0 Å². The molecule has 1 nitrogen and oxygen atoms in total. The summed E-state index contributed by atoms with van der Waals surface area (Å²) in [4.78, 5) is 0. The van der Waals surface area contributed by atoms with Gasteiger partial charge in [-0.2, -0.15) is 0 Å². The summed E-state index contributed by atoms with van der Waals surface area (Å²) in [5.41, 5.74) is 0.933. The molecule has 10 heavy (non-hydrogen) atoms. The Kier molecular flexibility index (Phi) is 2.46. The van der Waals surface area contributed by atoms with Gasteiger partial charge in [0.1, 0.15) is 0 Å². The minimum Gasteiger partial charge on any atom is -0.389 e. The highest BCUT2D eigenvalue weighted by Gasteiger charge is 2.02. The Balaban J connectivity index is 3.03. The van der Waals surface area contributed by atoms with Crippen molar-refractivity contribution in [3.63, 3.8) is 0 Å². The molecule has 0 radical (unpaired) electrons. The molecule has 0 aliphatic rings. The number of aliphatic hydroxyl groups is 1. The van der Waals surface area contributed by atoms with E-state index in [0.717, 1.165) is 10.0 Å². The fraction of sp³-hybridized carbons (Fsp3) is 0.250. The molecule has 1 aromatic rings. The molecule has 0 fully saturated rings. The van der Waals surface area contributed by atoms with Crippen LogP contribution in [0.2, 0.25) is 0 Å². The lowest BCUT2D eigenvalue weighted by Crippen LogP contribution is -1.90. The predicted molar refractivity (Wildman–Crippen MR) is 44.8 cm³/mol. The third kappa shape index (κ3) is 1.58.